The SMILES string of the molecule is CC(F)(F)C(=O)N[C@H]1CC(=O)N(c2ccc3c(cnn3-c3ccccc3)c2)[C@@H]1c1ccccc1. The van der Waals surface area contributed by atoms with Gasteiger partial charge >= 0.3 is 5.92 Å². The Labute approximate surface area is 194 Å². The highest BCUT2D eigenvalue weighted by Crippen LogP contribution is 2.39. The molecule has 3 aromatic carbocycles. The van der Waals surface area contributed by atoms with E-state index in [4.69, 9.17) is 0 Å². The number of anilines is 1. The molecule has 8 heteroatoms. The van der Waals surface area contributed by atoms with Crippen molar-refractivity contribution in [2.24, 2.45) is 0 Å². The highest BCUT2D eigenvalue weighted by atomic mass is 19.3. The molecular weight excluding hydrogens is 438 g/mol. The first-order valence-corrected chi connectivity index (χ1v) is 10.9. The number of halogens is 2. The molecule has 2 amide bonds. The fraction of sp³-hybridized carbons (Fsp3) is 0.192. The zero-order valence-corrected chi connectivity index (χ0v) is 18.4. The maximum atomic E-state index is 13.6. The molecule has 0 saturated carbocycles. The molecule has 1 aliphatic rings. The van der Waals surface area contributed by atoms with Gasteiger partial charge in [0.15, 0.2) is 0 Å². The third-order valence-corrected chi connectivity index (χ3v) is 6.01. The molecular formula is C26H22F2N4O2. The number of amides is 2. The van der Waals surface area contributed by atoms with Crippen molar-refractivity contribution in [1.29, 1.82) is 0 Å². The number of benzene rings is 3. The summed E-state index contributed by atoms with van der Waals surface area (Å²) in [7, 11) is 0. The minimum Gasteiger partial charge on any atom is -0.345 e. The van der Waals surface area contributed by atoms with Gasteiger partial charge in [0.1, 0.15) is 0 Å². The largest absolute Gasteiger partial charge is 0.345 e. The molecule has 1 saturated heterocycles. The van der Waals surface area contributed by atoms with Crippen molar-refractivity contribution in [1.82, 2.24) is 15.1 Å². The van der Waals surface area contributed by atoms with E-state index < -0.39 is 23.9 Å². The number of hydrogen-bond acceptors (Lipinski definition) is 3. The summed E-state index contributed by atoms with van der Waals surface area (Å²) < 4.78 is 29.0. The molecule has 1 aromatic heterocycles. The summed E-state index contributed by atoms with van der Waals surface area (Å²) in [4.78, 5) is 26.8. The van der Waals surface area contributed by atoms with Crippen LogP contribution in [0.25, 0.3) is 16.6 Å². The van der Waals surface area contributed by atoms with Crippen molar-refractivity contribution < 1.29 is 18.4 Å². The molecule has 0 bridgehead atoms. The Hall–Kier alpha value is -4.07. The lowest BCUT2D eigenvalue weighted by Crippen LogP contribution is -2.46. The van der Waals surface area contributed by atoms with Gasteiger partial charge in [-0.3, -0.25) is 9.59 Å². The molecule has 0 unspecified atom stereocenters. The van der Waals surface area contributed by atoms with E-state index in [0.29, 0.717) is 12.6 Å². The fourth-order valence-electron chi connectivity index (χ4n) is 4.44. The summed E-state index contributed by atoms with van der Waals surface area (Å²) in [5.41, 5.74) is 3.14. The van der Waals surface area contributed by atoms with Crippen molar-refractivity contribution in [3.8, 4) is 5.69 Å². The fourth-order valence-corrected chi connectivity index (χ4v) is 4.44. The molecule has 2 atom stereocenters. The zero-order valence-electron chi connectivity index (χ0n) is 18.4. The number of carbonyl (C=O) groups excluding carboxylic acids is 2. The highest BCUT2D eigenvalue weighted by molar-refractivity contribution is 6.00. The van der Waals surface area contributed by atoms with Crippen LogP contribution in [0.2, 0.25) is 0 Å². The minimum atomic E-state index is -3.54. The summed E-state index contributed by atoms with van der Waals surface area (Å²) in [6.07, 6.45) is 1.64. The van der Waals surface area contributed by atoms with Crippen molar-refractivity contribution in [2.75, 3.05) is 4.90 Å². The monoisotopic (exact) mass is 460 g/mol. The summed E-state index contributed by atoms with van der Waals surface area (Å²) in [6.45, 7) is 0.548. The number of nitrogens with zero attached hydrogens (tertiary/aromatic N) is 3. The first-order chi connectivity index (χ1) is 16.3. The van der Waals surface area contributed by atoms with E-state index >= 15 is 0 Å². The second-order valence-corrected chi connectivity index (χ2v) is 8.43. The Kier molecular flexibility index (Phi) is 5.36. The van der Waals surface area contributed by atoms with Crippen molar-refractivity contribution in [3.63, 3.8) is 0 Å². The van der Waals surface area contributed by atoms with Gasteiger partial charge in [-0.2, -0.15) is 13.9 Å². The minimum absolute atomic E-state index is 0.0807. The van der Waals surface area contributed by atoms with Crippen LogP contribution in [0.5, 0.6) is 0 Å². The van der Waals surface area contributed by atoms with Crippen LogP contribution in [-0.2, 0) is 9.59 Å². The van der Waals surface area contributed by atoms with Gasteiger partial charge in [-0.25, -0.2) is 4.68 Å². The smallest absolute Gasteiger partial charge is 0.321 e. The zero-order chi connectivity index (χ0) is 23.9. The maximum Gasteiger partial charge on any atom is 0.321 e. The van der Waals surface area contributed by atoms with Crippen LogP contribution in [-0.4, -0.2) is 33.6 Å². The molecule has 172 valence electrons. The van der Waals surface area contributed by atoms with Gasteiger partial charge < -0.3 is 10.2 Å². The number of hydrogen-bond donors (Lipinski definition) is 1. The van der Waals surface area contributed by atoms with Gasteiger partial charge in [0.05, 0.1) is 29.5 Å². The van der Waals surface area contributed by atoms with Gasteiger partial charge in [0, 0.05) is 24.4 Å². The normalized spacial score (nSPS) is 18.4. The number of carbonyl (C=O) groups is 2. The molecule has 0 radical (unpaired) electrons. The number of fused-ring (bicyclic) bond motifs is 1. The Balaban J connectivity index is 1.54. The summed E-state index contributed by atoms with van der Waals surface area (Å²) in [5.74, 6) is -5.19. The predicted molar refractivity (Wildman–Crippen MR) is 125 cm³/mol. The maximum absolute atomic E-state index is 13.6. The van der Waals surface area contributed by atoms with E-state index in [9.17, 15) is 18.4 Å². The van der Waals surface area contributed by atoms with E-state index in [1.807, 2.05) is 83.5 Å². The van der Waals surface area contributed by atoms with Gasteiger partial charge in [-0.1, -0.05) is 48.5 Å². The summed E-state index contributed by atoms with van der Waals surface area (Å²) in [5, 5.41) is 7.70. The lowest BCUT2D eigenvalue weighted by atomic mass is 9.99. The van der Waals surface area contributed by atoms with Gasteiger partial charge in [-0.15, -0.1) is 0 Å². The van der Waals surface area contributed by atoms with E-state index in [2.05, 4.69) is 10.4 Å². The average Bonchev–Trinajstić information content (AvgIpc) is 3.39. The number of aromatic nitrogens is 2. The number of rotatable bonds is 5. The van der Waals surface area contributed by atoms with Crippen LogP contribution in [0.15, 0.2) is 85.1 Å². The van der Waals surface area contributed by atoms with Crippen molar-refractivity contribution >= 4 is 28.4 Å². The Morgan fingerprint density at radius 2 is 1.68 bits per heavy atom. The van der Waals surface area contributed by atoms with E-state index in [-0.39, 0.29) is 12.3 Å². The van der Waals surface area contributed by atoms with Crippen molar-refractivity contribution in [3.05, 3.63) is 90.6 Å². The molecule has 2 heterocycles. The van der Waals surface area contributed by atoms with E-state index in [1.165, 1.54) is 0 Å². The Bertz CT molecular complexity index is 1350. The lowest BCUT2D eigenvalue weighted by molar-refractivity contribution is -0.143. The van der Waals surface area contributed by atoms with Crippen molar-refractivity contribution in [2.45, 2.75) is 31.4 Å². The van der Waals surface area contributed by atoms with Gasteiger partial charge in [-0.05, 0) is 35.9 Å². The number of para-hydroxylation sites is 1. The quantitative estimate of drug-likeness (QED) is 0.472. The lowest BCUT2D eigenvalue weighted by Gasteiger charge is -2.29. The third kappa shape index (κ3) is 3.91. The highest BCUT2D eigenvalue weighted by Gasteiger charge is 2.45. The van der Waals surface area contributed by atoms with Crippen LogP contribution in [0, 0.1) is 0 Å². The Morgan fingerprint density at radius 3 is 2.35 bits per heavy atom. The van der Waals surface area contributed by atoms with E-state index in [1.54, 1.807) is 11.1 Å². The molecule has 34 heavy (non-hydrogen) atoms. The van der Waals surface area contributed by atoms with Crippen LogP contribution < -0.4 is 10.2 Å². The molecule has 0 spiro atoms. The standard InChI is InChI=1S/C26H22F2N4O2/c1-26(27,28)25(34)30-21-15-23(33)31(24(21)17-8-4-2-5-9-17)20-12-13-22-18(14-20)16-29-32(22)19-10-6-3-7-11-19/h2-14,16,21,24H,15H2,1H3,(H,30,34)/t21-,24+/m0/s1. The number of nitrogens with one attached hydrogen (secondary N) is 1. The van der Waals surface area contributed by atoms with Crippen LogP contribution >= 0.6 is 0 Å². The summed E-state index contributed by atoms with van der Waals surface area (Å²) in [6, 6.07) is 22.9. The molecule has 0 aliphatic carbocycles. The number of alkyl halides is 2. The molecule has 4 aromatic rings. The van der Waals surface area contributed by atoms with Gasteiger partial charge in [0.2, 0.25) is 5.91 Å². The molecule has 1 fully saturated rings. The summed E-state index contributed by atoms with van der Waals surface area (Å²) >= 11 is 0. The topological polar surface area (TPSA) is 67.2 Å². The van der Waals surface area contributed by atoms with Gasteiger partial charge in [0.25, 0.3) is 5.91 Å². The molecule has 1 aliphatic heterocycles. The van der Waals surface area contributed by atoms with Crippen LogP contribution in [0.3, 0.4) is 0 Å². The Morgan fingerprint density at radius 1 is 1.00 bits per heavy atom. The average molecular weight is 460 g/mol. The van der Waals surface area contributed by atoms with E-state index in [0.717, 1.165) is 22.2 Å². The molecule has 5 rings (SSSR count). The van der Waals surface area contributed by atoms with Crippen LogP contribution in [0.1, 0.15) is 24.9 Å². The molecule has 6 nitrogen and oxygen atoms in total. The second kappa shape index (κ2) is 8.37. The van der Waals surface area contributed by atoms with Crippen LogP contribution in [0.4, 0.5) is 14.5 Å². The third-order valence-electron chi connectivity index (χ3n) is 6.01. The molecule has 1 N–H and O–H groups in total. The first kappa shape index (κ1) is 21.8. The second-order valence-electron chi connectivity index (χ2n) is 8.43. The predicted octanol–water partition coefficient (Wildman–Crippen LogP) is 4.64. The first-order valence-electron chi connectivity index (χ1n) is 10.9.